The summed E-state index contributed by atoms with van der Waals surface area (Å²) in [6.45, 7) is 0. The number of aromatic nitrogens is 5. The van der Waals surface area contributed by atoms with Crippen molar-refractivity contribution in [3.63, 3.8) is 0 Å². The van der Waals surface area contributed by atoms with Crippen molar-refractivity contribution < 1.29 is 9.53 Å². The molecule has 2 aromatic heterocycles. The van der Waals surface area contributed by atoms with Gasteiger partial charge in [-0.1, -0.05) is 6.07 Å². The molecule has 0 saturated heterocycles. The molecule has 4 aromatic rings. The molecule has 2 heterocycles. The highest BCUT2D eigenvalue weighted by Gasteiger charge is 2.26. The number of H-pyrrole nitrogens is 1. The number of aryl methyl sites for hydroxylation is 1. The van der Waals surface area contributed by atoms with Gasteiger partial charge >= 0.3 is 0 Å². The van der Waals surface area contributed by atoms with E-state index in [9.17, 15) is 4.79 Å². The minimum Gasteiger partial charge on any atom is -0.497 e. The monoisotopic (exact) mass is 388 g/mol. The number of ether oxygens (including phenoxy) is 1. The summed E-state index contributed by atoms with van der Waals surface area (Å²) in [5, 5.41) is 15.5. The molecular formula is C21H20N6O2. The van der Waals surface area contributed by atoms with E-state index in [0.717, 1.165) is 41.9 Å². The Balaban J connectivity index is 1.43. The van der Waals surface area contributed by atoms with Gasteiger partial charge in [-0.3, -0.25) is 4.79 Å². The van der Waals surface area contributed by atoms with Crippen LogP contribution in [0.3, 0.4) is 0 Å². The highest BCUT2D eigenvalue weighted by molar-refractivity contribution is 5.95. The zero-order valence-corrected chi connectivity index (χ0v) is 15.9. The van der Waals surface area contributed by atoms with Crippen LogP contribution >= 0.6 is 0 Å². The van der Waals surface area contributed by atoms with Crippen molar-refractivity contribution in [2.75, 3.05) is 7.11 Å². The Labute approximate surface area is 166 Å². The lowest BCUT2D eigenvalue weighted by atomic mass is 9.91. The lowest BCUT2D eigenvalue weighted by Crippen LogP contribution is -2.31. The van der Waals surface area contributed by atoms with Crippen molar-refractivity contribution in [2.24, 2.45) is 0 Å². The van der Waals surface area contributed by atoms with Crippen LogP contribution in [0.1, 0.15) is 40.5 Å². The highest BCUT2D eigenvalue weighted by atomic mass is 16.5. The van der Waals surface area contributed by atoms with Crippen LogP contribution in [-0.2, 0) is 6.42 Å². The van der Waals surface area contributed by atoms with Crippen molar-refractivity contribution in [3.05, 3.63) is 65.6 Å². The lowest BCUT2D eigenvalue weighted by molar-refractivity contribution is 0.0932. The number of benzene rings is 2. The summed E-state index contributed by atoms with van der Waals surface area (Å²) in [7, 11) is 1.67. The highest BCUT2D eigenvalue weighted by Crippen LogP contribution is 2.36. The van der Waals surface area contributed by atoms with Gasteiger partial charge in [-0.2, -0.15) is 0 Å². The van der Waals surface area contributed by atoms with Crippen LogP contribution in [0.15, 0.2) is 48.8 Å². The number of fused-ring (bicyclic) bond motifs is 3. The number of nitrogens with one attached hydrogen (secondary N) is 2. The summed E-state index contributed by atoms with van der Waals surface area (Å²) in [4.78, 5) is 16.5. The van der Waals surface area contributed by atoms with Gasteiger partial charge in [0, 0.05) is 22.2 Å². The number of amides is 1. The molecule has 146 valence electrons. The molecule has 0 bridgehead atoms. The van der Waals surface area contributed by atoms with E-state index >= 15 is 0 Å². The van der Waals surface area contributed by atoms with Crippen LogP contribution in [0.5, 0.6) is 5.75 Å². The summed E-state index contributed by atoms with van der Waals surface area (Å²) in [6, 6.07) is 13.2. The van der Waals surface area contributed by atoms with E-state index in [4.69, 9.17) is 4.74 Å². The van der Waals surface area contributed by atoms with E-state index < -0.39 is 0 Å². The van der Waals surface area contributed by atoms with Crippen molar-refractivity contribution >= 4 is 16.8 Å². The molecule has 0 spiro atoms. The molecule has 2 aromatic carbocycles. The predicted octanol–water partition coefficient (Wildman–Crippen LogP) is 2.96. The molecule has 1 atom stereocenters. The molecule has 1 aliphatic carbocycles. The number of rotatable bonds is 4. The van der Waals surface area contributed by atoms with Crippen molar-refractivity contribution in [1.82, 2.24) is 30.5 Å². The standard InChI is InChI=1S/C21H20N6O2/c1-29-15-8-9-18-17(11-15)16-6-3-7-19(20(16)23-18)24-21(28)13-4-2-5-14(10-13)27-12-22-25-26-27/h2,4-5,8-12,19,23H,3,6-7H2,1H3,(H,24,28)/t19-/m1/s1. The summed E-state index contributed by atoms with van der Waals surface area (Å²) < 4.78 is 6.90. The Hall–Kier alpha value is -3.68. The van der Waals surface area contributed by atoms with Crippen LogP contribution in [-0.4, -0.2) is 38.2 Å². The largest absolute Gasteiger partial charge is 0.497 e. The normalized spacial score (nSPS) is 15.8. The molecule has 0 fully saturated rings. The van der Waals surface area contributed by atoms with E-state index in [-0.39, 0.29) is 11.9 Å². The number of tetrazole rings is 1. The van der Waals surface area contributed by atoms with E-state index in [0.29, 0.717) is 5.56 Å². The zero-order chi connectivity index (χ0) is 19.8. The van der Waals surface area contributed by atoms with Gasteiger partial charge in [-0.05, 0) is 71.7 Å². The number of hydrogen-bond acceptors (Lipinski definition) is 5. The third-order valence-corrected chi connectivity index (χ3v) is 5.44. The number of nitrogens with zero attached hydrogens (tertiary/aromatic N) is 4. The summed E-state index contributed by atoms with van der Waals surface area (Å²) in [6.07, 6.45) is 4.41. The van der Waals surface area contributed by atoms with Crippen LogP contribution in [0.25, 0.3) is 16.6 Å². The maximum absolute atomic E-state index is 13.0. The topological polar surface area (TPSA) is 97.7 Å². The molecule has 8 nitrogen and oxygen atoms in total. The number of carbonyl (C=O) groups is 1. The van der Waals surface area contributed by atoms with Crippen molar-refractivity contribution in [3.8, 4) is 11.4 Å². The molecular weight excluding hydrogens is 368 g/mol. The van der Waals surface area contributed by atoms with E-state index in [1.807, 2.05) is 24.3 Å². The van der Waals surface area contributed by atoms with Crippen molar-refractivity contribution in [1.29, 1.82) is 0 Å². The number of methoxy groups -OCH3 is 1. The van der Waals surface area contributed by atoms with E-state index in [2.05, 4.69) is 31.9 Å². The SMILES string of the molecule is COc1ccc2[nH]c3c(c2c1)CCC[C@H]3NC(=O)c1cccc(-n2cnnn2)c1. The minimum atomic E-state index is -0.117. The van der Waals surface area contributed by atoms with Gasteiger partial charge < -0.3 is 15.0 Å². The van der Waals surface area contributed by atoms with Gasteiger partial charge in [0.1, 0.15) is 12.1 Å². The first-order valence-electron chi connectivity index (χ1n) is 9.56. The Kier molecular flexibility index (Phi) is 4.23. The first kappa shape index (κ1) is 17.4. The van der Waals surface area contributed by atoms with Crippen LogP contribution < -0.4 is 10.1 Å². The summed E-state index contributed by atoms with van der Waals surface area (Å²) in [5.41, 5.74) is 4.73. The Bertz CT molecular complexity index is 1180. The predicted molar refractivity (Wildman–Crippen MR) is 107 cm³/mol. The first-order valence-corrected chi connectivity index (χ1v) is 9.56. The molecule has 0 aliphatic heterocycles. The Morgan fingerprint density at radius 1 is 1.28 bits per heavy atom. The number of carbonyl (C=O) groups excluding carboxylic acids is 1. The molecule has 0 radical (unpaired) electrons. The molecule has 2 N–H and O–H groups in total. The third-order valence-electron chi connectivity index (χ3n) is 5.44. The quantitative estimate of drug-likeness (QED) is 0.560. The summed E-state index contributed by atoms with van der Waals surface area (Å²) >= 11 is 0. The molecule has 8 heteroatoms. The fraction of sp³-hybridized carbons (Fsp3) is 0.238. The van der Waals surface area contributed by atoms with Gasteiger partial charge in [0.15, 0.2) is 0 Å². The van der Waals surface area contributed by atoms with Crippen LogP contribution in [0.2, 0.25) is 0 Å². The fourth-order valence-corrected chi connectivity index (χ4v) is 4.02. The number of hydrogen-bond donors (Lipinski definition) is 2. The second-order valence-electron chi connectivity index (χ2n) is 7.15. The van der Waals surface area contributed by atoms with Crippen molar-refractivity contribution in [2.45, 2.75) is 25.3 Å². The average Bonchev–Trinajstić information content (AvgIpc) is 3.42. The van der Waals surface area contributed by atoms with Crippen LogP contribution in [0.4, 0.5) is 0 Å². The Morgan fingerprint density at radius 2 is 2.21 bits per heavy atom. The third kappa shape index (κ3) is 3.12. The van der Waals surface area contributed by atoms with Gasteiger partial charge in [-0.15, -0.1) is 5.10 Å². The van der Waals surface area contributed by atoms with Gasteiger partial charge in [0.05, 0.1) is 18.8 Å². The zero-order valence-electron chi connectivity index (χ0n) is 15.9. The second kappa shape index (κ2) is 7.05. The number of aromatic amines is 1. The van der Waals surface area contributed by atoms with Gasteiger partial charge in [-0.25, -0.2) is 4.68 Å². The summed E-state index contributed by atoms with van der Waals surface area (Å²) in [5.74, 6) is 0.721. The van der Waals surface area contributed by atoms with Crippen LogP contribution in [0, 0.1) is 0 Å². The second-order valence-corrected chi connectivity index (χ2v) is 7.15. The lowest BCUT2D eigenvalue weighted by Gasteiger charge is -2.24. The maximum atomic E-state index is 13.0. The molecule has 1 aliphatic rings. The fourth-order valence-electron chi connectivity index (χ4n) is 4.02. The molecule has 29 heavy (non-hydrogen) atoms. The maximum Gasteiger partial charge on any atom is 0.251 e. The Morgan fingerprint density at radius 3 is 3.03 bits per heavy atom. The molecule has 0 unspecified atom stereocenters. The smallest absolute Gasteiger partial charge is 0.251 e. The van der Waals surface area contributed by atoms with E-state index in [1.165, 1.54) is 22.0 Å². The molecule has 5 rings (SSSR count). The molecule has 1 amide bonds. The van der Waals surface area contributed by atoms with Gasteiger partial charge in [0.2, 0.25) is 0 Å². The minimum absolute atomic E-state index is 0.0543. The van der Waals surface area contributed by atoms with E-state index in [1.54, 1.807) is 19.2 Å². The first-order chi connectivity index (χ1) is 14.2. The van der Waals surface area contributed by atoms with Gasteiger partial charge in [0.25, 0.3) is 5.91 Å². The average molecular weight is 388 g/mol. The molecule has 0 saturated carbocycles.